The first-order valence-corrected chi connectivity index (χ1v) is 8.26. The number of carbonyl (C=O) groups is 2. The second-order valence-corrected chi connectivity index (χ2v) is 6.39. The molecule has 1 aromatic carbocycles. The third kappa shape index (κ3) is 3.24. The lowest BCUT2D eigenvalue weighted by Crippen LogP contribution is -2.44. The summed E-state index contributed by atoms with van der Waals surface area (Å²) in [6.07, 6.45) is 1.60. The van der Waals surface area contributed by atoms with Crippen molar-refractivity contribution in [3.05, 3.63) is 24.3 Å². The van der Waals surface area contributed by atoms with Crippen LogP contribution < -0.4 is 5.73 Å². The van der Waals surface area contributed by atoms with E-state index in [1.807, 2.05) is 24.3 Å². The van der Waals surface area contributed by atoms with Gasteiger partial charge in [-0.25, -0.2) is 4.98 Å². The van der Waals surface area contributed by atoms with Gasteiger partial charge >= 0.3 is 0 Å². The zero-order valence-electron chi connectivity index (χ0n) is 12.1. The molecule has 3 N–H and O–H groups in total. The Hall–Kier alpha value is -2.02. The second kappa shape index (κ2) is 6.39. The SMILES string of the molecule is NC(=O)[C@@H]1CCCN(C(=O)CSc2nc3ccccc3[nH]2)C1. The number of para-hydroxylation sites is 2. The van der Waals surface area contributed by atoms with Crippen LogP contribution in [0, 0.1) is 5.92 Å². The van der Waals surface area contributed by atoms with Gasteiger partial charge in [0.05, 0.1) is 22.7 Å². The maximum Gasteiger partial charge on any atom is 0.233 e. The number of H-pyrrole nitrogens is 1. The standard InChI is InChI=1S/C15H18N4O2S/c16-14(21)10-4-3-7-19(8-10)13(20)9-22-15-17-11-5-1-2-6-12(11)18-15/h1-2,5-6,10H,3-4,7-9H2,(H2,16,21)(H,17,18)/t10-/m1/s1. The van der Waals surface area contributed by atoms with Crippen molar-refractivity contribution in [3.63, 3.8) is 0 Å². The Morgan fingerprint density at radius 3 is 3.00 bits per heavy atom. The Morgan fingerprint density at radius 2 is 2.23 bits per heavy atom. The van der Waals surface area contributed by atoms with E-state index in [9.17, 15) is 9.59 Å². The smallest absolute Gasteiger partial charge is 0.233 e. The van der Waals surface area contributed by atoms with Gasteiger partial charge in [-0.1, -0.05) is 23.9 Å². The minimum atomic E-state index is -0.317. The van der Waals surface area contributed by atoms with Gasteiger partial charge in [0.1, 0.15) is 0 Å². The van der Waals surface area contributed by atoms with E-state index in [0.717, 1.165) is 29.0 Å². The number of imidazole rings is 1. The van der Waals surface area contributed by atoms with E-state index in [0.29, 0.717) is 18.8 Å². The quantitative estimate of drug-likeness (QED) is 0.833. The molecule has 2 aromatic rings. The van der Waals surface area contributed by atoms with Crippen LogP contribution in [0.25, 0.3) is 11.0 Å². The molecule has 0 saturated carbocycles. The predicted molar refractivity (Wildman–Crippen MR) is 85.3 cm³/mol. The van der Waals surface area contributed by atoms with Crippen molar-refractivity contribution in [3.8, 4) is 0 Å². The first-order valence-electron chi connectivity index (χ1n) is 7.28. The van der Waals surface area contributed by atoms with Gasteiger partial charge in [-0.3, -0.25) is 9.59 Å². The van der Waals surface area contributed by atoms with Crippen molar-refractivity contribution in [1.82, 2.24) is 14.9 Å². The number of piperidine rings is 1. The summed E-state index contributed by atoms with van der Waals surface area (Å²) < 4.78 is 0. The molecule has 0 bridgehead atoms. The van der Waals surface area contributed by atoms with Gasteiger partial charge in [-0.05, 0) is 25.0 Å². The monoisotopic (exact) mass is 318 g/mol. The molecular formula is C15H18N4O2S. The molecule has 0 aliphatic carbocycles. The summed E-state index contributed by atoms with van der Waals surface area (Å²) in [7, 11) is 0. The molecule has 7 heteroatoms. The molecule has 0 unspecified atom stereocenters. The third-order valence-corrected chi connectivity index (χ3v) is 4.73. The van der Waals surface area contributed by atoms with Crippen LogP contribution in [0.15, 0.2) is 29.4 Å². The van der Waals surface area contributed by atoms with E-state index in [2.05, 4.69) is 9.97 Å². The number of likely N-dealkylation sites (tertiary alicyclic amines) is 1. The largest absolute Gasteiger partial charge is 0.369 e. The highest BCUT2D eigenvalue weighted by molar-refractivity contribution is 7.99. The molecule has 22 heavy (non-hydrogen) atoms. The second-order valence-electron chi connectivity index (χ2n) is 5.43. The van der Waals surface area contributed by atoms with Crippen molar-refractivity contribution >= 4 is 34.6 Å². The fourth-order valence-electron chi connectivity index (χ4n) is 2.66. The summed E-state index contributed by atoms with van der Waals surface area (Å²) in [5.74, 6) is -0.196. The lowest BCUT2D eigenvalue weighted by atomic mass is 9.97. The van der Waals surface area contributed by atoms with Gasteiger partial charge in [-0.2, -0.15) is 0 Å². The Bertz CT molecular complexity index is 667. The molecule has 1 saturated heterocycles. The van der Waals surface area contributed by atoms with Gasteiger partial charge in [0.25, 0.3) is 0 Å². The number of carbonyl (C=O) groups excluding carboxylic acids is 2. The fourth-order valence-corrected chi connectivity index (χ4v) is 3.44. The zero-order chi connectivity index (χ0) is 15.5. The van der Waals surface area contributed by atoms with Crippen molar-refractivity contribution in [2.75, 3.05) is 18.8 Å². The van der Waals surface area contributed by atoms with Crippen LogP contribution in [0.2, 0.25) is 0 Å². The summed E-state index contributed by atoms with van der Waals surface area (Å²) in [5, 5.41) is 0.734. The van der Waals surface area contributed by atoms with Crippen molar-refractivity contribution in [2.45, 2.75) is 18.0 Å². The number of aromatic amines is 1. The number of fused-ring (bicyclic) bond motifs is 1. The summed E-state index contributed by atoms with van der Waals surface area (Å²) in [4.78, 5) is 32.9. The van der Waals surface area contributed by atoms with Crippen LogP contribution >= 0.6 is 11.8 Å². The average molecular weight is 318 g/mol. The highest BCUT2D eigenvalue weighted by Crippen LogP contribution is 2.21. The number of aromatic nitrogens is 2. The minimum absolute atomic E-state index is 0.0245. The number of thioether (sulfide) groups is 1. The number of amides is 2. The maximum atomic E-state index is 12.3. The van der Waals surface area contributed by atoms with E-state index >= 15 is 0 Å². The number of hydrogen-bond acceptors (Lipinski definition) is 4. The molecule has 2 heterocycles. The third-order valence-electron chi connectivity index (χ3n) is 3.88. The first kappa shape index (κ1) is 14.9. The maximum absolute atomic E-state index is 12.3. The molecule has 1 aromatic heterocycles. The van der Waals surface area contributed by atoms with Crippen molar-refractivity contribution in [2.24, 2.45) is 11.7 Å². The van der Waals surface area contributed by atoms with E-state index in [1.54, 1.807) is 4.90 Å². The Morgan fingerprint density at radius 1 is 1.41 bits per heavy atom. The molecule has 1 aliphatic rings. The minimum Gasteiger partial charge on any atom is -0.369 e. The van der Waals surface area contributed by atoms with E-state index in [4.69, 9.17) is 5.73 Å². The van der Waals surface area contributed by atoms with Crippen LogP contribution in [0.3, 0.4) is 0 Å². The summed E-state index contributed by atoms with van der Waals surface area (Å²) in [6.45, 7) is 1.14. The molecular weight excluding hydrogens is 300 g/mol. The molecule has 6 nitrogen and oxygen atoms in total. The lowest BCUT2D eigenvalue weighted by Gasteiger charge is -2.31. The Kier molecular flexibility index (Phi) is 4.33. The summed E-state index contributed by atoms with van der Waals surface area (Å²) >= 11 is 1.38. The van der Waals surface area contributed by atoms with E-state index < -0.39 is 0 Å². The average Bonchev–Trinajstić information content (AvgIpc) is 2.95. The van der Waals surface area contributed by atoms with E-state index in [-0.39, 0.29) is 17.7 Å². The van der Waals surface area contributed by atoms with E-state index in [1.165, 1.54) is 11.8 Å². The zero-order valence-corrected chi connectivity index (χ0v) is 12.9. The van der Waals surface area contributed by atoms with Crippen molar-refractivity contribution < 1.29 is 9.59 Å². The van der Waals surface area contributed by atoms with Gasteiger partial charge in [0, 0.05) is 13.1 Å². The van der Waals surface area contributed by atoms with Crippen LogP contribution in [0.4, 0.5) is 0 Å². The predicted octanol–water partition coefficient (Wildman–Crippen LogP) is 1.38. The lowest BCUT2D eigenvalue weighted by molar-refractivity contribution is -0.132. The molecule has 116 valence electrons. The van der Waals surface area contributed by atoms with Gasteiger partial charge in [0.2, 0.25) is 11.8 Å². The Balaban J connectivity index is 1.58. The summed E-state index contributed by atoms with van der Waals surface area (Å²) in [6, 6.07) is 7.76. The fraction of sp³-hybridized carbons (Fsp3) is 0.400. The normalized spacial score (nSPS) is 18.5. The first-order chi connectivity index (χ1) is 10.6. The number of rotatable bonds is 4. The highest BCUT2D eigenvalue weighted by atomic mass is 32.2. The van der Waals surface area contributed by atoms with Crippen LogP contribution in [0.1, 0.15) is 12.8 Å². The molecule has 3 rings (SSSR count). The molecule has 0 radical (unpaired) electrons. The van der Waals surface area contributed by atoms with Crippen LogP contribution in [0.5, 0.6) is 0 Å². The van der Waals surface area contributed by atoms with Crippen LogP contribution in [-0.4, -0.2) is 45.5 Å². The van der Waals surface area contributed by atoms with Crippen molar-refractivity contribution in [1.29, 1.82) is 0 Å². The highest BCUT2D eigenvalue weighted by Gasteiger charge is 2.26. The van der Waals surface area contributed by atoms with Gasteiger partial charge in [-0.15, -0.1) is 0 Å². The molecule has 1 atom stereocenters. The molecule has 0 spiro atoms. The molecule has 1 fully saturated rings. The number of benzene rings is 1. The molecule has 1 aliphatic heterocycles. The summed E-state index contributed by atoms with van der Waals surface area (Å²) in [5.41, 5.74) is 7.20. The number of nitrogens with zero attached hydrogens (tertiary/aromatic N) is 2. The molecule has 2 amide bonds. The van der Waals surface area contributed by atoms with Crippen LogP contribution in [-0.2, 0) is 9.59 Å². The van der Waals surface area contributed by atoms with Gasteiger partial charge in [0.15, 0.2) is 5.16 Å². The number of nitrogens with two attached hydrogens (primary N) is 1. The number of primary amides is 1. The van der Waals surface area contributed by atoms with Gasteiger partial charge < -0.3 is 15.6 Å². The number of nitrogens with one attached hydrogen (secondary N) is 1. The topological polar surface area (TPSA) is 92.1 Å². The Labute approximate surface area is 132 Å². The number of hydrogen-bond donors (Lipinski definition) is 2.